The van der Waals surface area contributed by atoms with Crippen molar-refractivity contribution in [2.45, 2.75) is 6.42 Å². The molecule has 1 N–H and O–H groups in total. The number of nitrogens with one attached hydrogen (secondary N) is 1. The zero-order valence-electron chi connectivity index (χ0n) is 14.8. The van der Waals surface area contributed by atoms with Crippen LogP contribution in [0.2, 0.25) is 0 Å². The molecule has 0 radical (unpaired) electrons. The lowest BCUT2D eigenvalue weighted by Crippen LogP contribution is -2.51. The quantitative estimate of drug-likeness (QED) is 0.487. The lowest BCUT2D eigenvalue weighted by atomic mass is 10.1. The van der Waals surface area contributed by atoms with E-state index >= 15 is 0 Å². The molecule has 2 aromatic rings. The predicted molar refractivity (Wildman–Crippen MR) is 107 cm³/mol. The number of pyridine rings is 1. The summed E-state index contributed by atoms with van der Waals surface area (Å²) < 4.78 is 19.0. The number of benzene rings is 1. The number of para-hydroxylation sites is 1. The van der Waals surface area contributed by atoms with Gasteiger partial charge in [-0.2, -0.15) is 9.49 Å². The van der Waals surface area contributed by atoms with Crippen LogP contribution in [0.5, 0.6) is 5.75 Å². The fourth-order valence-corrected chi connectivity index (χ4v) is 3.45. The molecule has 140 valence electrons. The van der Waals surface area contributed by atoms with Gasteiger partial charge < -0.3 is 14.5 Å². The Morgan fingerprint density at radius 3 is 2.67 bits per heavy atom. The Balaban J connectivity index is 1.37. The first-order valence-corrected chi connectivity index (χ1v) is 9.33. The van der Waals surface area contributed by atoms with Crippen LogP contribution >= 0.6 is 12.2 Å². The summed E-state index contributed by atoms with van der Waals surface area (Å²) >= 11 is 5.49. The van der Waals surface area contributed by atoms with E-state index in [-0.39, 0.29) is 0 Å². The third-order valence-corrected chi connectivity index (χ3v) is 5.02. The first-order chi connectivity index (χ1) is 13.2. The zero-order valence-corrected chi connectivity index (χ0v) is 15.6. The van der Waals surface area contributed by atoms with Gasteiger partial charge in [0.15, 0.2) is 5.11 Å². The van der Waals surface area contributed by atoms with Gasteiger partial charge in [-0.25, -0.2) is 4.98 Å². The molecule has 27 heavy (non-hydrogen) atoms. The molecule has 8 heteroatoms. The van der Waals surface area contributed by atoms with Crippen molar-refractivity contribution in [1.82, 2.24) is 15.3 Å². The molecule has 0 amide bonds. The molecule has 1 aromatic heterocycles. The minimum atomic E-state index is -0.549. The summed E-state index contributed by atoms with van der Waals surface area (Å²) in [4.78, 5) is 8.34. The number of hydrogen-bond donors (Lipinski definition) is 1. The van der Waals surface area contributed by atoms with E-state index in [2.05, 4.69) is 37.4 Å². The predicted octanol–water partition coefficient (Wildman–Crippen LogP) is 2.40. The van der Waals surface area contributed by atoms with Crippen LogP contribution in [0.3, 0.4) is 0 Å². The normalized spacial score (nSPS) is 18.0. The summed E-state index contributed by atoms with van der Waals surface area (Å²) in [5.41, 5.74) is 5.26. The maximum Gasteiger partial charge on any atom is 0.213 e. The van der Waals surface area contributed by atoms with Crippen molar-refractivity contribution in [3.05, 3.63) is 54.1 Å². The Hall–Kier alpha value is -2.74. The van der Waals surface area contributed by atoms with Gasteiger partial charge in [-0.3, -0.25) is 5.43 Å². The Morgan fingerprint density at radius 1 is 1.11 bits per heavy atom. The molecule has 0 bridgehead atoms. The van der Waals surface area contributed by atoms with Gasteiger partial charge in [0.1, 0.15) is 11.4 Å². The molecule has 1 fully saturated rings. The van der Waals surface area contributed by atoms with Gasteiger partial charge in [-0.05, 0) is 36.5 Å². The molecule has 1 aromatic carbocycles. The Bertz CT molecular complexity index is 852. The molecular weight excluding hydrogens is 365 g/mol. The van der Waals surface area contributed by atoms with Gasteiger partial charge >= 0.3 is 0 Å². The van der Waals surface area contributed by atoms with Crippen LogP contribution in [0.1, 0.15) is 12.1 Å². The lowest BCUT2D eigenvalue weighted by molar-refractivity contribution is 0.316. The van der Waals surface area contributed by atoms with Crippen molar-refractivity contribution in [2.75, 3.05) is 37.7 Å². The van der Waals surface area contributed by atoms with E-state index < -0.39 is 5.95 Å². The highest BCUT2D eigenvalue weighted by Gasteiger charge is 2.21. The third kappa shape index (κ3) is 4.00. The second-order valence-electron chi connectivity index (χ2n) is 6.36. The summed E-state index contributed by atoms with van der Waals surface area (Å²) in [6, 6.07) is 13.2. The van der Waals surface area contributed by atoms with Crippen molar-refractivity contribution in [3.63, 3.8) is 0 Å². The number of ether oxygens (including phenoxy) is 1. The molecule has 3 heterocycles. The van der Waals surface area contributed by atoms with Crippen LogP contribution in [-0.4, -0.2) is 53.5 Å². The highest BCUT2D eigenvalue weighted by atomic mass is 32.1. The highest BCUT2D eigenvalue weighted by Crippen LogP contribution is 2.23. The van der Waals surface area contributed by atoms with Crippen LogP contribution < -0.4 is 15.1 Å². The number of halogens is 1. The molecule has 0 saturated carbocycles. The molecular formula is C19H20FN5OS. The van der Waals surface area contributed by atoms with Crippen molar-refractivity contribution in [1.29, 1.82) is 0 Å². The molecule has 2 aliphatic heterocycles. The van der Waals surface area contributed by atoms with Crippen molar-refractivity contribution >= 4 is 28.7 Å². The lowest BCUT2D eigenvalue weighted by Gasteiger charge is -2.37. The second-order valence-corrected chi connectivity index (χ2v) is 6.75. The molecule has 1 saturated heterocycles. The monoisotopic (exact) mass is 385 g/mol. The summed E-state index contributed by atoms with van der Waals surface area (Å²) in [6.07, 6.45) is 0.556. The van der Waals surface area contributed by atoms with Crippen molar-refractivity contribution in [3.8, 4) is 5.75 Å². The van der Waals surface area contributed by atoms with Crippen LogP contribution in [0.4, 0.5) is 10.1 Å². The van der Waals surface area contributed by atoms with E-state index in [4.69, 9.17) is 17.0 Å². The standard InChI is InChI=1S/C19H20FN5OS/c20-17-7-6-16-18(21-17)15(8-13-26-16)22-23-19(27)25-11-9-24(10-12-25)14-4-2-1-3-5-14/h1-7H,8-13H2,(H,23,27)/b22-15-. The maximum absolute atomic E-state index is 13.5. The first-order valence-electron chi connectivity index (χ1n) is 8.92. The first kappa shape index (κ1) is 17.7. The number of aromatic nitrogens is 1. The van der Waals surface area contributed by atoms with Gasteiger partial charge in [0.2, 0.25) is 5.95 Å². The van der Waals surface area contributed by atoms with Crippen molar-refractivity contribution < 1.29 is 9.13 Å². The maximum atomic E-state index is 13.5. The topological polar surface area (TPSA) is 53.0 Å². The largest absolute Gasteiger partial charge is 0.491 e. The number of hydrazone groups is 1. The molecule has 0 unspecified atom stereocenters. The fourth-order valence-electron chi connectivity index (χ4n) is 3.22. The van der Waals surface area contributed by atoms with Gasteiger partial charge in [0.05, 0.1) is 12.3 Å². The molecule has 6 nitrogen and oxygen atoms in total. The third-order valence-electron chi connectivity index (χ3n) is 4.67. The minimum Gasteiger partial charge on any atom is -0.491 e. The molecule has 0 aliphatic carbocycles. The Kier molecular flexibility index (Phi) is 5.15. The smallest absolute Gasteiger partial charge is 0.213 e. The van der Waals surface area contributed by atoms with Crippen molar-refractivity contribution in [2.24, 2.45) is 5.10 Å². The van der Waals surface area contributed by atoms with Crippen LogP contribution in [0.25, 0.3) is 0 Å². The summed E-state index contributed by atoms with van der Waals surface area (Å²) in [5, 5.41) is 4.95. The van der Waals surface area contributed by atoms with E-state index in [1.54, 1.807) is 6.07 Å². The molecule has 0 spiro atoms. The number of hydrogen-bond acceptors (Lipinski definition) is 5. The van der Waals surface area contributed by atoms with E-state index in [1.807, 2.05) is 18.2 Å². The number of thiocarbonyl (C=S) groups is 1. The SMILES string of the molecule is Fc1ccc2c(n1)/C(=N\NC(=S)N1CCN(c3ccccc3)CC1)CCO2. The number of anilines is 1. The molecule has 0 atom stereocenters. The van der Waals surface area contributed by atoms with E-state index in [1.165, 1.54) is 11.8 Å². The molecule has 2 aliphatic rings. The Labute approximate surface area is 162 Å². The summed E-state index contributed by atoms with van der Waals surface area (Å²) in [6.45, 7) is 3.91. The van der Waals surface area contributed by atoms with E-state index in [0.29, 0.717) is 35.3 Å². The van der Waals surface area contributed by atoms with Crippen LogP contribution in [0.15, 0.2) is 47.6 Å². The number of rotatable bonds is 2. The van der Waals surface area contributed by atoms with Gasteiger partial charge in [0, 0.05) is 38.3 Å². The van der Waals surface area contributed by atoms with Gasteiger partial charge in [-0.1, -0.05) is 18.2 Å². The van der Waals surface area contributed by atoms with E-state index in [0.717, 1.165) is 26.2 Å². The average molecular weight is 385 g/mol. The Morgan fingerprint density at radius 2 is 1.89 bits per heavy atom. The number of fused-ring (bicyclic) bond motifs is 1. The van der Waals surface area contributed by atoms with Gasteiger partial charge in [0.25, 0.3) is 0 Å². The van der Waals surface area contributed by atoms with E-state index in [9.17, 15) is 4.39 Å². The molecule has 4 rings (SSSR count). The summed E-state index contributed by atoms with van der Waals surface area (Å²) in [7, 11) is 0. The fraction of sp³-hybridized carbons (Fsp3) is 0.316. The second kappa shape index (κ2) is 7.87. The highest BCUT2D eigenvalue weighted by molar-refractivity contribution is 7.80. The average Bonchev–Trinajstić information content (AvgIpc) is 2.73. The number of piperazine rings is 1. The summed E-state index contributed by atoms with van der Waals surface area (Å²) in [5.74, 6) is -0.00264. The van der Waals surface area contributed by atoms with Gasteiger partial charge in [-0.15, -0.1) is 0 Å². The zero-order chi connectivity index (χ0) is 18.6. The minimum absolute atomic E-state index is 0.436. The number of nitrogens with zero attached hydrogens (tertiary/aromatic N) is 4. The van der Waals surface area contributed by atoms with Crippen LogP contribution in [-0.2, 0) is 0 Å². The van der Waals surface area contributed by atoms with Crippen LogP contribution in [0, 0.1) is 5.95 Å².